The lowest BCUT2D eigenvalue weighted by molar-refractivity contribution is -0.116. The van der Waals surface area contributed by atoms with Crippen molar-refractivity contribution in [1.82, 2.24) is 0 Å². The van der Waals surface area contributed by atoms with E-state index in [9.17, 15) is 4.79 Å². The zero-order valence-electron chi connectivity index (χ0n) is 13.3. The standard InChI is InChI=1S/C18H20N2O3/c1-20(2)15-6-4-3-5-14(15)19-18(21)10-8-13-7-9-16-17(11-13)23-12-22-16/h3-7,9,11H,8,10,12H2,1-2H3,(H,19,21). The molecule has 0 fully saturated rings. The Balaban J connectivity index is 1.60. The molecule has 0 saturated carbocycles. The second-order valence-electron chi connectivity index (χ2n) is 5.65. The molecule has 0 aromatic heterocycles. The summed E-state index contributed by atoms with van der Waals surface area (Å²) in [6.07, 6.45) is 1.08. The number of carbonyl (C=O) groups excluding carboxylic acids is 1. The quantitative estimate of drug-likeness (QED) is 0.922. The molecule has 0 spiro atoms. The van der Waals surface area contributed by atoms with E-state index in [1.807, 2.05) is 61.5 Å². The van der Waals surface area contributed by atoms with E-state index in [-0.39, 0.29) is 12.7 Å². The molecule has 0 radical (unpaired) electrons. The number of nitrogens with zero attached hydrogens (tertiary/aromatic N) is 1. The number of amides is 1. The molecule has 1 aliphatic rings. The van der Waals surface area contributed by atoms with Crippen molar-refractivity contribution in [2.45, 2.75) is 12.8 Å². The molecule has 0 unspecified atom stereocenters. The Kier molecular flexibility index (Phi) is 4.37. The van der Waals surface area contributed by atoms with Gasteiger partial charge < -0.3 is 19.7 Å². The Labute approximate surface area is 135 Å². The average Bonchev–Trinajstić information content (AvgIpc) is 3.01. The van der Waals surface area contributed by atoms with Gasteiger partial charge in [0.25, 0.3) is 0 Å². The van der Waals surface area contributed by atoms with E-state index in [2.05, 4.69) is 5.32 Å². The summed E-state index contributed by atoms with van der Waals surface area (Å²) in [7, 11) is 3.91. The third-order valence-electron chi connectivity index (χ3n) is 3.74. The minimum absolute atomic E-state index is 0.00281. The molecule has 23 heavy (non-hydrogen) atoms. The van der Waals surface area contributed by atoms with Crippen molar-refractivity contribution in [2.75, 3.05) is 31.1 Å². The number of fused-ring (bicyclic) bond motifs is 1. The highest BCUT2D eigenvalue weighted by molar-refractivity contribution is 5.94. The topological polar surface area (TPSA) is 50.8 Å². The Morgan fingerprint density at radius 3 is 2.74 bits per heavy atom. The molecule has 1 heterocycles. The van der Waals surface area contributed by atoms with Crippen LogP contribution in [0.5, 0.6) is 11.5 Å². The smallest absolute Gasteiger partial charge is 0.231 e. The fourth-order valence-corrected chi connectivity index (χ4v) is 2.54. The molecule has 0 aliphatic carbocycles. The number of nitrogens with one attached hydrogen (secondary N) is 1. The van der Waals surface area contributed by atoms with Gasteiger partial charge in [0.15, 0.2) is 11.5 Å². The third kappa shape index (κ3) is 3.56. The zero-order chi connectivity index (χ0) is 16.2. The number of aryl methyl sites for hydroxylation is 1. The van der Waals surface area contributed by atoms with Crippen LogP contribution in [0.1, 0.15) is 12.0 Å². The summed E-state index contributed by atoms with van der Waals surface area (Å²) in [5.74, 6) is 1.51. The van der Waals surface area contributed by atoms with Crippen LogP contribution < -0.4 is 19.7 Å². The van der Waals surface area contributed by atoms with Crippen LogP contribution in [0.4, 0.5) is 11.4 Å². The van der Waals surface area contributed by atoms with Crippen LogP contribution in [0.2, 0.25) is 0 Å². The predicted octanol–water partition coefficient (Wildman–Crippen LogP) is 3.05. The number of rotatable bonds is 5. The van der Waals surface area contributed by atoms with Crippen molar-refractivity contribution in [3.63, 3.8) is 0 Å². The first-order chi connectivity index (χ1) is 11.1. The zero-order valence-corrected chi connectivity index (χ0v) is 13.3. The van der Waals surface area contributed by atoms with Gasteiger partial charge in [-0.3, -0.25) is 4.79 Å². The number of hydrogen-bond acceptors (Lipinski definition) is 4. The van der Waals surface area contributed by atoms with E-state index in [0.717, 1.165) is 28.4 Å². The Morgan fingerprint density at radius 1 is 1.13 bits per heavy atom. The first-order valence-corrected chi connectivity index (χ1v) is 7.58. The number of anilines is 2. The van der Waals surface area contributed by atoms with Crippen LogP contribution in [-0.2, 0) is 11.2 Å². The second kappa shape index (κ2) is 6.60. The van der Waals surface area contributed by atoms with Crippen molar-refractivity contribution in [3.05, 3.63) is 48.0 Å². The van der Waals surface area contributed by atoms with Crippen molar-refractivity contribution in [2.24, 2.45) is 0 Å². The van der Waals surface area contributed by atoms with Crippen LogP contribution in [0.3, 0.4) is 0 Å². The predicted molar refractivity (Wildman–Crippen MR) is 90.3 cm³/mol. The fraction of sp³-hybridized carbons (Fsp3) is 0.278. The summed E-state index contributed by atoms with van der Waals surface area (Å²) in [6, 6.07) is 13.5. The minimum Gasteiger partial charge on any atom is -0.454 e. The van der Waals surface area contributed by atoms with Crippen LogP contribution >= 0.6 is 0 Å². The largest absolute Gasteiger partial charge is 0.454 e. The van der Waals surface area contributed by atoms with E-state index in [0.29, 0.717) is 12.8 Å². The molecule has 3 rings (SSSR count). The molecule has 1 N–H and O–H groups in total. The molecule has 120 valence electrons. The molecule has 0 bridgehead atoms. The van der Waals surface area contributed by atoms with Gasteiger partial charge in [-0.05, 0) is 36.2 Å². The lowest BCUT2D eigenvalue weighted by atomic mass is 10.1. The summed E-state index contributed by atoms with van der Waals surface area (Å²) in [5, 5.41) is 2.98. The van der Waals surface area contributed by atoms with Crippen molar-refractivity contribution >= 4 is 17.3 Å². The SMILES string of the molecule is CN(C)c1ccccc1NC(=O)CCc1ccc2c(c1)OCO2. The van der Waals surface area contributed by atoms with Crippen LogP contribution in [-0.4, -0.2) is 26.8 Å². The molecule has 2 aromatic rings. The van der Waals surface area contributed by atoms with E-state index in [1.54, 1.807) is 0 Å². The van der Waals surface area contributed by atoms with Gasteiger partial charge in [-0.25, -0.2) is 0 Å². The van der Waals surface area contributed by atoms with Gasteiger partial charge in [-0.1, -0.05) is 18.2 Å². The van der Waals surface area contributed by atoms with Crippen molar-refractivity contribution in [1.29, 1.82) is 0 Å². The summed E-state index contributed by atoms with van der Waals surface area (Å²) >= 11 is 0. The number of benzene rings is 2. The van der Waals surface area contributed by atoms with Gasteiger partial charge in [0, 0.05) is 20.5 Å². The molecule has 0 atom stereocenters. The van der Waals surface area contributed by atoms with Gasteiger partial charge in [-0.2, -0.15) is 0 Å². The van der Waals surface area contributed by atoms with Crippen molar-refractivity contribution in [3.8, 4) is 11.5 Å². The maximum Gasteiger partial charge on any atom is 0.231 e. The maximum absolute atomic E-state index is 12.2. The molecule has 2 aromatic carbocycles. The fourth-order valence-electron chi connectivity index (χ4n) is 2.54. The van der Waals surface area contributed by atoms with Gasteiger partial charge in [-0.15, -0.1) is 0 Å². The molecular formula is C18H20N2O3. The first-order valence-electron chi connectivity index (χ1n) is 7.58. The second-order valence-corrected chi connectivity index (χ2v) is 5.65. The number of carbonyl (C=O) groups is 1. The van der Waals surface area contributed by atoms with Gasteiger partial charge >= 0.3 is 0 Å². The monoisotopic (exact) mass is 312 g/mol. The Bertz CT molecular complexity index is 713. The molecule has 5 heteroatoms. The van der Waals surface area contributed by atoms with E-state index < -0.39 is 0 Å². The number of ether oxygens (including phenoxy) is 2. The molecule has 1 aliphatic heterocycles. The average molecular weight is 312 g/mol. The van der Waals surface area contributed by atoms with Crippen LogP contribution in [0.15, 0.2) is 42.5 Å². The number of para-hydroxylation sites is 2. The third-order valence-corrected chi connectivity index (χ3v) is 3.74. The Morgan fingerprint density at radius 2 is 1.91 bits per heavy atom. The Hall–Kier alpha value is -2.69. The van der Waals surface area contributed by atoms with Crippen LogP contribution in [0.25, 0.3) is 0 Å². The van der Waals surface area contributed by atoms with Gasteiger partial charge in [0.2, 0.25) is 12.7 Å². The maximum atomic E-state index is 12.2. The van der Waals surface area contributed by atoms with E-state index >= 15 is 0 Å². The normalized spacial score (nSPS) is 12.1. The van der Waals surface area contributed by atoms with E-state index in [4.69, 9.17) is 9.47 Å². The summed E-state index contributed by atoms with van der Waals surface area (Å²) in [4.78, 5) is 14.2. The van der Waals surface area contributed by atoms with Crippen LogP contribution in [0, 0.1) is 0 Å². The minimum atomic E-state index is -0.00281. The lowest BCUT2D eigenvalue weighted by Gasteiger charge is -2.17. The van der Waals surface area contributed by atoms with Gasteiger partial charge in [0.1, 0.15) is 0 Å². The molecular weight excluding hydrogens is 292 g/mol. The number of hydrogen-bond donors (Lipinski definition) is 1. The highest BCUT2D eigenvalue weighted by atomic mass is 16.7. The van der Waals surface area contributed by atoms with Crippen molar-refractivity contribution < 1.29 is 14.3 Å². The first kappa shape index (κ1) is 15.2. The van der Waals surface area contributed by atoms with Gasteiger partial charge in [0.05, 0.1) is 11.4 Å². The van der Waals surface area contributed by atoms with E-state index in [1.165, 1.54) is 0 Å². The highest BCUT2D eigenvalue weighted by Gasteiger charge is 2.14. The molecule has 0 saturated heterocycles. The summed E-state index contributed by atoms with van der Waals surface area (Å²) in [5.41, 5.74) is 2.88. The molecule has 5 nitrogen and oxygen atoms in total. The molecule has 1 amide bonds. The summed E-state index contributed by atoms with van der Waals surface area (Å²) < 4.78 is 10.6. The lowest BCUT2D eigenvalue weighted by Crippen LogP contribution is -2.16. The highest BCUT2D eigenvalue weighted by Crippen LogP contribution is 2.32. The summed E-state index contributed by atoms with van der Waals surface area (Å²) in [6.45, 7) is 0.264.